The third-order valence-corrected chi connectivity index (χ3v) is 5.53. The average molecular weight is 329 g/mol. The number of benzene rings is 2. The average Bonchev–Trinajstić information content (AvgIpc) is 3.37. The summed E-state index contributed by atoms with van der Waals surface area (Å²) in [6, 6.07) is 24.8. The normalized spacial score (nSPS) is 18.4. The number of aromatic nitrogens is 2. The van der Waals surface area contributed by atoms with Gasteiger partial charge < -0.3 is 0 Å². The van der Waals surface area contributed by atoms with Gasteiger partial charge in [-0.3, -0.25) is 9.58 Å². The number of hydrogen-bond donors (Lipinski definition) is 0. The molecule has 2 aromatic carbocycles. The summed E-state index contributed by atoms with van der Waals surface area (Å²) in [5, 5.41) is 4.63. The molecule has 5 rings (SSSR count). The van der Waals surface area contributed by atoms with Crippen LogP contribution in [0.5, 0.6) is 0 Å². The lowest BCUT2D eigenvalue weighted by Crippen LogP contribution is -2.50. The van der Waals surface area contributed by atoms with E-state index in [2.05, 4.69) is 81.4 Å². The van der Waals surface area contributed by atoms with Gasteiger partial charge in [0.1, 0.15) is 0 Å². The first-order valence-electron chi connectivity index (χ1n) is 9.27. The predicted octanol–water partition coefficient (Wildman–Crippen LogP) is 4.41. The van der Waals surface area contributed by atoms with Gasteiger partial charge in [0.2, 0.25) is 0 Å². The monoisotopic (exact) mass is 329 g/mol. The molecule has 0 bridgehead atoms. The first-order valence-corrected chi connectivity index (χ1v) is 9.27. The van der Waals surface area contributed by atoms with Gasteiger partial charge in [-0.2, -0.15) is 5.10 Å². The van der Waals surface area contributed by atoms with Gasteiger partial charge in [0, 0.05) is 30.9 Å². The number of hydrogen-bond acceptors (Lipinski definition) is 2. The van der Waals surface area contributed by atoms with Crippen molar-refractivity contribution < 1.29 is 0 Å². The van der Waals surface area contributed by atoms with E-state index < -0.39 is 0 Å². The fourth-order valence-electron chi connectivity index (χ4n) is 4.07. The van der Waals surface area contributed by atoms with Crippen LogP contribution in [0.4, 0.5) is 0 Å². The Hall–Kier alpha value is -2.39. The Bertz CT molecular complexity index is 790. The highest BCUT2D eigenvalue weighted by atomic mass is 15.4. The molecule has 0 N–H and O–H groups in total. The molecule has 3 aromatic rings. The summed E-state index contributed by atoms with van der Waals surface area (Å²) < 4.78 is 2.29. The van der Waals surface area contributed by atoms with E-state index in [0.29, 0.717) is 12.1 Å². The van der Waals surface area contributed by atoms with E-state index in [0.717, 1.165) is 19.0 Å². The lowest BCUT2D eigenvalue weighted by molar-refractivity contribution is 0.0665. The lowest BCUT2D eigenvalue weighted by atomic mass is 9.93. The number of likely N-dealkylation sites (tertiary alicyclic amines) is 1. The Balaban J connectivity index is 1.39. The molecule has 2 fully saturated rings. The summed E-state index contributed by atoms with van der Waals surface area (Å²) in [5.74, 6) is 0.760. The van der Waals surface area contributed by atoms with Crippen LogP contribution in [0.2, 0.25) is 0 Å². The van der Waals surface area contributed by atoms with Gasteiger partial charge in [-0.1, -0.05) is 60.7 Å². The SMILES string of the molecule is c1ccc(C(c2ccccc2)N2CC(n3nccc3C3CC3)C2)cc1. The third-order valence-electron chi connectivity index (χ3n) is 5.53. The van der Waals surface area contributed by atoms with Crippen LogP contribution in [-0.4, -0.2) is 27.8 Å². The molecule has 1 saturated heterocycles. The maximum absolute atomic E-state index is 4.63. The molecule has 1 aromatic heterocycles. The van der Waals surface area contributed by atoms with Crippen molar-refractivity contribution in [2.75, 3.05) is 13.1 Å². The highest BCUT2D eigenvalue weighted by molar-refractivity contribution is 5.32. The highest BCUT2D eigenvalue weighted by Crippen LogP contribution is 2.42. The quantitative estimate of drug-likeness (QED) is 0.691. The molecule has 1 aliphatic heterocycles. The summed E-state index contributed by atoms with van der Waals surface area (Å²) in [5.41, 5.74) is 4.19. The van der Waals surface area contributed by atoms with Crippen molar-refractivity contribution in [3.63, 3.8) is 0 Å². The van der Waals surface area contributed by atoms with Gasteiger partial charge in [-0.25, -0.2) is 0 Å². The van der Waals surface area contributed by atoms with Gasteiger partial charge in [0.05, 0.1) is 12.1 Å². The van der Waals surface area contributed by atoms with E-state index in [1.807, 2.05) is 6.20 Å². The Morgan fingerprint density at radius 1 is 0.800 bits per heavy atom. The minimum atomic E-state index is 0.332. The van der Waals surface area contributed by atoms with Crippen LogP contribution >= 0.6 is 0 Å². The maximum atomic E-state index is 4.63. The fraction of sp³-hybridized carbons (Fsp3) is 0.318. The Morgan fingerprint density at radius 3 is 1.96 bits per heavy atom. The second kappa shape index (κ2) is 6.16. The molecule has 2 aliphatic rings. The first kappa shape index (κ1) is 14.9. The Morgan fingerprint density at radius 2 is 1.40 bits per heavy atom. The van der Waals surface area contributed by atoms with Gasteiger partial charge in [0.25, 0.3) is 0 Å². The van der Waals surface area contributed by atoms with Gasteiger partial charge in [-0.05, 0) is 30.0 Å². The molecule has 0 atom stereocenters. The molecule has 126 valence electrons. The van der Waals surface area contributed by atoms with E-state index in [1.165, 1.54) is 29.7 Å². The van der Waals surface area contributed by atoms with Crippen molar-refractivity contribution in [3.8, 4) is 0 Å². The lowest BCUT2D eigenvalue weighted by Gasteiger charge is -2.45. The standard InChI is InChI=1S/C22H23N3/c1-3-7-18(8-4-1)22(19-9-5-2-6-10-19)24-15-20(16-24)25-21(13-14-23-25)17-11-12-17/h1-10,13-14,17,20,22H,11-12,15-16H2. The van der Waals surface area contributed by atoms with Crippen molar-refractivity contribution in [2.24, 2.45) is 0 Å². The summed E-state index contributed by atoms with van der Waals surface area (Å²) in [6.07, 6.45) is 4.64. The molecular formula is C22H23N3. The van der Waals surface area contributed by atoms with Crippen LogP contribution in [0, 0.1) is 0 Å². The van der Waals surface area contributed by atoms with E-state index in [4.69, 9.17) is 0 Å². The zero-order valence-corrected chi connectivity index (χ0v) is 14.3. The van der Waals surface area contributed by atoms with E-state index in [9.17, 15) is 0 Å². The zero-order valence-electron chi connectivity index (χ0n) is 14.3. The van der Waals surface area contributed by atoms with Crippen LogP contribution in [0.25, 0.3) is 0 Å². The van der Waals surface area contributed by atoms with E-state index in [-0.39, 0.29) is 0 Å². The second-order valence-electron chi connectivity index (χ2n) is 7.31. The van der Waals surface area contributed by atoms with Crippen molar-refractivity contribution >= 4 is 0 Å². The zero-order chi connectivity index (χ0) is 16.6. The summed E-state index contributed by atoms with van der Waals surface area (Å²) in [6.45, 7) is 2.13. The van der Waals surface area contributed by atoms with Crippen LogP contribution in [0.15, 0.2) is 72.9 Å². The largest absolute Gasteiger partial charge is 0.288 e. The summed E-state index contributed by atoms with van der Waals surface area (Å²) in [7, 11) is 0. The molecule has 0 spiro atoms. The minimum absolute atomic E-state index is 0.332. The molecule has 2 heterocycles. The van der Waals surface area contributed by atoms with Crippen LogP contribution in [0.3, 0.4) is 0 Å². The minimum Gasteiger partial charge on any atom is -0.288 e. The predicted molar refractivity (Wildman–Crippen MR) is 99.5 cm³/mol. The molecule has 1 aliphatic carbocycles. The molecule has 3 nitrogen and oxygen atoms in total. The maximum Gasteiger partial charge on any atom is 0.0776 e. The third kappa shape index (κ3) is 2.79. The number of nitrogens with zero attached hydrogens (tertiary/aromatic N) is 3. The first-order chi connectivity index (χ1) is 12.4. The van der Waals surface area contributed by atoms with Crippen LogP contribution < -0.4 is 0 Å². The van der Waals surface area contributed by atoms with Crippen LogP contribution in [-0.2, 0) is 0 Å². The van der Waals surface area contributed by atoms with Gasteiger partial charge >= 0.3 is 0 Å². The van der Waals surface area contributed by atoms with Crippen molar-refractivity contribution in [1.29, 1.82) is 0 Å². The molecule has 0 amide bonds. The number of rotatable bonds is 5. The Kier molecular flexibility index (Phi) is 3.67. The fourth-order valence-corrected chi connectivity index (χ4v) is 4.07. The topological polar surface area (TPSA) is 21.1 Å². The van der Waals surface area contributed by atoms with E-state index >= 15 is 0 Å². The molecule has 3 heteroatoms. The van der Waals surface area contributed by atoms with Gasteiger partial charge in [-0.15, -0.1) is 0 Å². The van der Waals surface area contributed by atoms with Crippen molar-refractivity contribution in [2.45, 2.75) is 30.8 Å². The highest BCUT2D eigenvalue weighted by Gasteiger charge is 2.38. The molecule has 0 unspecified atom stereocenters. The van der Waals surface area contributed by atoms with Crippen molar-refractivity contribution in [3.05, 3.63) is 89.7 Å². The molecule has 0 radical (unpaired) electrons. The Labute approximate surface area is 148 Å². The van der Waals surface area contributed by atoms with Gasteiger partial charge in [0.15, 0.2) is 0 Å². The smallest absolute Gasteiger partial charge is 0.0776 e. The summed E-state index contributed by atoms with van der Waals surface area (Å²) in [4.78, 5) is 2.58. The summed E-state index contributed by atoms with van der Waals surface area (Å²) >= 11 is 0. The second-order valence-corrected chi connectivity index (χ2v) is 7.31. The van der Waals surface area contributed by atoms with Crippen LogP contribution in [0.1, 0.15) is 47.7 Å². The molecule has 1 saturated carbocycles. The van der Waals surface area contributed by atoms with Crippen molar-refractivity contribution in [1.82, 2.24) is 14.7 Å². The van der Waals surface area contributed by atoms with E-state index in [1.54, 1.807) is 0 Å². The molecular weight excluding hydrogens is 306 g/mol. The molecule has 25 heavy (non-hydrogen) atoms.